The van der Waals surface area contributed by atoms with Gasteiger partial charge >= 0.3 is 6.09 Å². The van der Waals surface area contributed by atoms with Gasteiger partial charge in [-0.25, -0.2) is 14.2 Å². The van der Waals surface area contributed by atoms with E-state index >= 15 is 0 Å². The van der Waals surface area contributed by atoms with Crippen LogP contribution in [0.15, 0.2) is 18.2 Å². The van der Waals surface area contributed by atoms with Crippen LogP contribution in [0.3, 0.4) is 0 Å². The fraction of sp³-hybridized carbons (Fsp3) is 0.526. The molecule has 2 unspecified atom stereocenters. The van der Waals surface area contributed by atoms with E-state index < -0.39 is 12.1 Å². The number of carbonyl (C=O) groups is 2. The summed E-state index contributed by atoms with van der Waals surface area (Å²) in [5.74, 6) is -0.547. The number of nitrogens with one attached hydrogen (secondary N) is 1. The second-order valence-electron chi connectivity index (χ2n) is 7.06. The van der Waals surface area contributed by atoms with Crippen molar-refractivity contribution in [3.8, 4) is 0 Å². The first-order chi connectivity index (χ1) is 12.2. The maximum atomic E-state index is 13.3. The number of Topliss-reactive ketones (excluding diaryl/α,β-unsaturated/α-hetero) is 1. The average molecular weight is 380 g/mol. The molecule has 0 bridgehead atoms. The highest BCUT2D eigenvalue weighted by Crippen LogP contribution is 2.30. The van der Waals surface area contributed by atoms with Crippen LogP contribution in [0.4, 0.5) is 9.18 Å². The molecular weight excluding hydrogens is 355 g/mol. The van der Waals surface area contributed by atoms with Crippen LogP contribution in [-0.2, 0) is 9.53 Å². The third kappa shape index (κ3) is 5.24. The van der Waals surface area contributed by atoms with Gasteiger partial charge in [0.25, 0.3) is 0 Å². The van der Waals surface area contributed by atoms with E-state index in [4.69, 9.17) is 4.74 Å². The van der Waals surface area contributed by atoms with Gasteiger partial charge in [0.2, 0.25) is 0 Å². The number of thiazole rings is 1. The molecule has 0 spiro atoms. The number of rotatable bonds is 7. The molecule has 0 aliphatic rings. The average Bonchev–Trinajstić information content (AvgIpc) is 2.94. The zero-order chi connectivity index (χ0) is 19.4. The Labute approximate surface area is 157 Å². The molecule has 2 atom stereocenters. The summed E-state index contributed by atoms with van der Waals surface area (Å²) in [6.45, 7) is 9.18. The van der Waals surface area contributed by atoms with E-state index in [1.54, 1.807) is 19.9 Å². The number of fused-ring (bicyclic) bond motifs is 1. The van der Waals surface area contributed by atoms with Crippen molar-refractivity contribution in [1.82, 2.24) is 10.3 Å². The van der Waals surface area contributed by atoms with Crippen LogP contribution < -0.4 is 5.32 Å². The Balaban J connectivity index is 2.07. The first kappa shape index (κ1) is 20.3. The molecule has 1 aromatic carbocycles. The van der Waals surface area contributed by atoms with Gasteiger partial charge in [-0.3, -0.25) is 4.79 Å². The Kier molecular flexibility index (Phi) is 6.69. The molecule has 1 aromatic heterocycles. The summed E-state index contributed by atoms with van der Waals surface area (Å²) < 4.78 is 19.2. The van der Waals surface area contributed by atoms with Crippen LogP contribution in [-0.4, -0.2) is 29.0 Å². The number of carbonyl (C=O) groups excluding carboxylic acids is 2. The van der Waals surface area contributed by atoms with Crippen molar-refractivity contribution in [2.75, 3.05) is 0 Å². The minimum Gasteiger partial charge on any atom is -0.447 e. The number of aromatic nitrogens is 1. The predicted octanol–water partition coefficient (Wildman–Crippen LogP) is 4.66. The zero-order valence-corrected chi connectivity index (χ0v) is 16.5. The van der Waals surface area contributed by atoms with Crippen molar-refractivity contribution < 1.29 is 18.7 Å². The molecule has 0 saturated carbocycles. The lowest BCUT2D eigenvalue weighted by Gasteiger charge is -2.22. The van der Waals surface area contributed by atoms with Crippen molar-refractivity contribution in [2.45, 2.75) is 59.1 Å². The molecule has 0 fully saturated rings. The topological polar surface area (TPSA) is 68.3 Å². The normalized spacial score (nSPS) is 13.8. The molecule has 0 aliphatic heterocycles. The van der Waals surface area contributed by atoms with E-state index in [1.807, 2.05) is 20.8 Å². The van der Waals surface area contributed by atoms with Crippen molar-refractivity contribution in [3.63, 3.8) is 0 Å². The number of benzene rings is 1. The second-order valence-corrected chi connectivity index (χ2v) is 8.12. The molecule has 0 radical (unpaired) electrons. The molecule has 26 heavy (non-hydrogen) atoms. The standard InChI is InChI=1S/C19H25FN2O3S/c1-10(2)17(22-19(24)25-11(3)4)15(23)8-12(5)18-21-14-7-6-13(20)9-16(14)26-18/h6-7,9-12,17H,8H2,1-5H3,(H,22,24). The smallest absolute Gasteiger partial charge is 0.407 e. The van der Waals surface area contributed by atoms with E-state index in [2.05, 4.69) is 10.3 Å². The number of ketones is 1. The summed E-state index contributed by atoms with van der Waals surface area (Å²) in [6, 6.07) is 3.85. The van der Waals surface area contributed by atoms with Gasteiger partial charge < -0.3 is 10.1 Å². The third-order valence-electron chi connectivity index (χ3n) is 3.93. The van der Waals surface area contributed by atoms with Gasteiger partial charge in [0.1, 0.15) is 5.82 Å². The van der Waals surface area contributed by atoms with Crippen LogP contribution in [0.5, 0.6) is 0 Å². The number of ether oxygens (including phenoxy) is 1. The number of alkyl carbamates (subject to hydrolysis) is 1. The number of hydrogen-bond acceptors (Lipinski definition) is 5. The van der Waals surface area contributed by atoms with Crippen LogP contribution in [0.2, 0.25) is 0 Å². The maximum absolute atomic E-state index is 13.3. The van der Waals surface area contributed by atoms with E-state index in [9.17, 15) is 14.0 Å². The minimum atomic E-state index is -0.615. The van der Waals surface area contributed by atoms with Crippen LogP contribution in [0.25, 0.3) is 10.2 Å². The van der Waals surface area contributed by atoms with Crippen LogP contribution in [0.1, 0.15) is 52.0 Å². The number of halogens is 1. The van der Waals surface area contributed by atoms with Gasteiger partial charge in [-0.2, -0.15) is 0 Å². The molecule has 2 rings (SSSR count). The van der Waals surface area contributed by atoms with Crippen molar-refractivity contribution in [1.29, 1.82) is 0 Å². The van der Waals surface area contributed by atoms with Gasteiger partial charge in [0.15, 0.2) is 5.78 Å². The largest absolute Gasteiger partial charge is 0.447 e. The Bertz CT molecular complexity index is 788. The predicted molar refractivity (Wildman–Crippen MR) is 101 cm³/mol. The highest BCUT2D eigenvalue weighted by atomic mass is 32.1. The van der Waals surface area contributed by atoms with Crippen LogP contribution in [0, 0.1) is 11.7 Å². The van der Waals surface area contributed by atoms with Gasteiger partial charge in [0, 0.05) is 12.3 Å². The monoisotopic (exact) mass is 380 g/mol. The Hall–Kier alpha value is -2.02. The Morgan fingerprint density at radius 3 is 2.54 bits per heavy atom. The highest BCUT2D eigenvalue weighted by molar-refractivity contribution is 7.18. The lowest BCUT2D eigenvalue weighted by molar-refractivity contribution is -0.122. The fourth-order valence-corrected chi connectivity index (χ4v) is 3.68. The highest BCUT2D eigenvalue weighted by Gasteiger charge is 2.27. The molecule has 142 valence electrons. The number of hydrogen-bond donors (Lipinski definition) is 1. The molecular formula is C19H25FN2O3S. The lowest BCUT2D eigenvalue weighted by Crippen LogP contribution is -2.45. The molecule has 1 amide bonds. The van der Waals surface area contributed by atoms with E-state index in [0.29, 0.717) is 0 Å². The van der Waals surface area contributed by atoms with E-state index in [1.165, 1.54) is 23.5 Å². The quantitative estimate of drug-likeness (QED) is 0.759. The van der Waals surface area contributed by atoms with Crippen LogP contribution >= 0.6 is 11.3 Å². The van der Waals surface area contributed by atoms with Crippen molar-refractivity contribution >= 4 is 33.4 Å². The third-order valence-corrected chi connectivity index (χ3v) is 5.18. The first-order valence-electron chi connectivity index (χ1n) is 8.73. The summed E-state index contributed by atoms with van der Waals surface area (Å²) in [6.07, 6.45) is -0.595. The Morgan fingerprint density at radius 1 is 1.23 bits per heavy atom. The molecule has 1 heterocycles. The van der Waals surface area contributed by atoms with E-state index in [-0.39, 0.29) is 36.0 Å². The summed E-state index contributed by atoms with van der Waals surface area (Å²) in [4.78, 5) is 29.1. The molecule has 7 heteroatoms. The van der Waals surface area contributed by atoms with Gasteiger partial charge in [-0.15, -0.1) is 11.3 Å². The number of amides is 1. The van der Waals surface area contributed by atoms with Crippen molar-refractivity contribution in [3.05, 3.63) is 29.0 Å². The summed E-state index contributed by atoms with van der Waals surface area (Å²) in [5.41, 5.74) is 0.727. The molecule has 5 nitrogen and oxygen atoms in total. The number of nitrogens with zero attached hydrogens (tertiary/aromatic N) is 1. The minimum absolute atomic E-state index is 0.0566. The van der Waals surface area contributed by atoms with Gasteiger partial charge in [-0.05, 0) is 38.0 Å². The lowest BCUT2D eigenvalue weighted by atomic mass is 9.93. The second kappa shape index (κ2) is 8.58. The summed E-state index contributed by atoms with van der Waals surface area (Å²) in [5, 5.41) is 3.44. The zero-order valence-electron chi connectivity index (χ0n) is 15.7. The molecule has 2 aromatic rings. The Morgan fingerprint density at radius 2 is 1.92 bits per heavy atom. The SMILES string of the molecule is CC(C)OC(=O)NC(C(=O)CC(C)c1nc2ccc(F)cc2s1)C(C)C. The van der Waals surface area contributed by atoms with E-state index in [0.717, 1.165) is 15.2 Å². The molecule has 0 saturated heterocycles. The fourth-order valence-electron chi connectivity index (χ4n) is 2.64. The molecule has 0 aliphatic carbocycles. The van der Waals surface area contributed by atoms with Crippen molar-refractivity contribution in [2.24, 2.45) is 5.92 Å². The first-order valence-corrected chi connectivity index (χ1v) is 9.54. The maximum Gasteiger partial charge on any atom is 0.407 e. The van der Waals surface area contributed by atoms with Gasteiger partial charge in [0.05, 0.1) is 27.4 Å². The molecule has 1 N–H and O–H groups in total. The summed E-state index contributed by atoms with van der Waals surface area (Å²) in [7, 11) is 0. The summed E-state index contributed by atoms with van der Waals surface area (Å²) >= 11 is 1.39. The van der Waals surface area contributed by atoms with Gasteiger partial charge in [-0.1, -0.05) is 20.8 Å².